The van der Waals surface area contributed by atoms with Gasteiger partial charge in [0.2, 0.25) is 0 Å². The lowest BCUT2D eigenvalue weighted by Crippen LogP contribution is -2.15. The van der Waals surface area contributed by atoms with E-state index < -0.39 is 11.6 Å². The quantitative estimate of drug-likeness (QED) is 0.480. The van der Waals surface area contributed by atoms with Gasteiger partial charge in [-0.25, -0.2) is 8.78 Å². The zero-order chi connectivity index (χ0) is 11.4. The first-order valence-corrected chi connectivity index (χ1v) is 4.15. The highest BCUT2D eigenvalue weighted by molar-refractivity contribution is 5.97. The second-order valence-electron chi connectivity index (χ2n) is 2.78. The summed E-state index contributed by atoms with van der Waals surface area (Å²) in [5.41, 5.74) is 10.5. The van der Waals surface area contributed by atoms with Crippen molar-refractivity contribution in [2.75, 3.05) is 7.11 Å². The van der Waals surface area contributed by atoms with E-state index in [1.165, 1.54) is 7.11 Å². The summed E-state index contributed by atoms with van der Waals surface area (Å²) in [5, 5.41) is 3.36. The lowest BCUT2D eigenvalue weighted by molar-refractivity contribution is 0.213. The number of nitrogens with two attached hydrogens (primary N) is 2. The van der Waals surface area contributed by atoms with Crippen LogP contribution < -0.4 is 11.5 Å². The molecule has 7 heteroatoms. The number of oxime groups is 1. The first-order chi connectivity index (χ1) is 7.10. The molecule has 0 bridgehead atoms. The summed E-state index contributed by atoms with van der Waals surface area (Å²) < 4.78 is 26.5. The average Bonchev–Trinajstić information content (AvgIpc) is 2.17. The van der Waals surface area contributed by atoms with E-state index in [4.69, 9.17) is 11.5 Å². The summed E-state index contributed by atoms with van der Waals surface area (Å²) >= 11 is 0. The number of rotatable bonds is 3. The molecule has 0 unspecified atom stereocenters. The van der Waals surface area contributed by atoms with Gasteiger partial charge < -0.3 is 16.3 Å². The second-order valence-corrected chi connectivity index (χ2v) is 2.78. The molecule has 0 heterocycles. The standard InChI is InChI=1S/C9H11F2N3O.ClH/c1-15-14-9(13)5-2-7(10)6(4-12)8(11)3-5;/h2-3H,4,12H2,1H3,(H2,13,14);1H. The van der Waals surface area contributed by atoms with Crippen molar-refractivity contribution in [3.8, 4) is 0 Å². The van der Waals surface area contributed by atoms with Crippen molar-refractivity contribution >= 4 is 18.2 Å². The molecule has 4 nitrogen and oxygen atoms in total. The van der Waals surface area contributed by atoms with Gasteiger partial charge in [0.15, 0.2) is 5.84 Å². The summed E-state index contributed by atoms with van der Waals surface area (Å²) in [7, 11) is 1.29. The Morgan fingerprint density at radius 1 is 1.38 bits per heavy atom. The van der Waals surface area contributed by atoms with E-state index in [1.807, 2.05) is 0 Å². The van der Waals surface area contributed by atoms with E-state index in [-0.39, 0.29) is 35.9 Å². The average molecular weight is 252 g/mol. The van der Waals surface area contributed by atoms with Crippen molar-refractivity contribution in [2.24, 2.45) is 16.6 Å². The van der Waals surface area contributed by atoms with Gasteiger partial charge in [-0.15, -0.1) is 12.4 Å². The van der Waals surface area contributed by atoms with Crippen LogP contribution in [0.5, 0.6) is 0 Å². The maximum Gasteiger partial charge on any atom is 0.170 e. The topological polar surface area (TPSA) is 73.6 Å². The minimum atomic E-state index is -0.748. The van der Waals surface area contributed by atoms with Crippen LogP contribution in [0.25, 0.3) is 0 Å². The molecule has 0 aliphatic carbocycles. The molecule has 16 heavy (non-hydrogen) atoms. The lowest BCUT2D eigenvalue weighted by atomic mass is 10.1. The Kier molecular flexibility index (Phi) is 5.69. The summed E-state index contributed by atoms with van der Waals surface area (Å²) in [6, 6.07) is 2.12. The number of hydrogen-bond acceptors (Lipinski definition) is 3. The molecule has 0 aliphatic rings. The third kappa shape index (κ3) is 3.04. The predicted molar refractivity (Wildman–Crippen MR) is 59.2 cm³/mol. The molecule has 0 saturated carbocycles. The van der Waals surface area contributed by atoms with Gasteiger partial charge in [-0.3, -0.25) is 0 Å². The van der Waals surface area contributed by atoms with E-state index in [0.717, 1.165) is 12.1 Å². The first kappa shape index (κ1) is 14.6. The molecule has 0 atom stereocenters. The van der Waals surface area contributed by atoms with Gasteiger partial charge in [-0.05, 0) is 12.1 Å². The largest absolute Gasteiger partial charge is 0.397 e. The monoisotopic (exact) mass is 251 g/mol. The normalized spacial score (nSPS) is 10.9. The highest BCUT2D eigenvalue weighted by atomic mass is 35.5. The molecule has 90 valence electrons. The fourth-order valence-corrected chi connectivity index (χ4v) is 1.10. The van der Waals surface area contributed by atoms with Crippen LogP contribution in [-0.4, -0.2) is 12.9 Å². The summed E-state index contributed by atoms with van der Waals surface area (Å²) in [5.74, 6) is -1.60. The van der Waals surface area contributed by atoms with Crippen LogP contribution in [0.3, 0.4) is 0 Å². The minimum Gasteiger partial charge on any atom is -0.397 e. The fraction of sp³-hybridized carbons (Fsp3) is 0.222. The number of halogens is 3. The molecule has 0 aromatic heterocycles. The summed E-state index contributed by atoms with van der Waals surface area (Å²) in [6.45, 7) is -0.209. The zero-order valence-corrected chi connectivity index (χ0v) is 9.35. The van der Waals surface area contributed by atoms with E-state index in [2.05, 4.69) is 9.99 Å². The Balaban J connectivity index is 0.00000225. The van der Waals surface area contributed by atoms with E-state index in [0.29, 0.717) is 0 Å². The Bertz CT molecular complexity index is 375. The fourth-order valence-electron chi connectivity index (χ4n) is 1.10. The maximum atomic E-state index is 13.2. The van der Waals surface area contributed by atoms with Crippen LogP contribution in [-0.2, 0) is 11.4 Å². The predicted octanol–water partition coefficient (Wildman–Crippen LogP) is 1.11. The number of hydrogen-bond donors (Lipinski definition) is 2. The highest BCUT2D eigenvalue weighted by Crippen LogP contribution is 2.14. The van der Waals surface area contributed by atoms with Gasteiger partial charge >= 0.3 is 0 Å². The van der Waals surface area contributed by atoms with Crippen molar-refractivity contribution in [1.82, 2.24) is 0 Å². The number of benzene rings is 1. The van der Waals surface area contributed by atoms with Gasteiger partial charge in [-0.1, -0.05) is 5.16 Å². The van der Waals surface area contributed by atoms with Crippen LogP contribution in [0.4, 0.5) is 8.78 Å². The summed E-state index contributed by atoms with van der Waals surface area (Å²) in [4.78, 5) is 4.39. The highest BCUT2D eigenvalue weighted by Gasteiger charge is 2.11. The van der Waals surface area contributed by atoms with Crippen molar-refractivity contribution in [3.63, 3.8) is 0 Å². The maximum absolute atomic E-state index is 13.2. The molecule has 0 amide bonds. The van der Waals surface area contributed by atoms with Crippen LogP contribution >= 0.6 is 12.4 Å². The molecule has 0 saturated heterocycles. The van der Waals surface area contributed by atoms with E-state index >= 15 is 0 Å². The SMILES string of the molecule is CON=C(N)c1cc(F)c(CN)c(F)c1.Cl. The van der Waals surface area contributed by atoms with Crippen molar-refractivity contribution < 1.29 is 13.6 Å². The van der Waals surface area contributed by atoms with Gasteiger partial charge in [0.05, 0.1) is 0 Å². The molecular weight excluding hydrogens is 240 g/mol. The Morgan fingerprint density at radius 3 is 2.25 bits per heavy atom. The van der Waals surface area contributed by atoms with Crippen LogP contribution in [0.15, 0.2) is 17.3 Å². The second kappa shape index (κ2) is 6.24. The van der Waals surface area contributed by atoms with Crippen molar-refractivity contribution in [2.45, 2.75) is 6.54 Å². The van der Waals surface area contributed by atoms with Crippen LogP contribution in [0, 0.1) is 11.6 Å². The van der Waals surface area contributed by atoms with Crippen molar-refractivity contribution in [3.05, 3.63) is 34.9 Å². The third-order valence-corrected chi connectivity index (χ3v) is 1.83. The smallest absolute Gasteiger partial charge is 0.170 e. The molecule has 1 aromatic carbocycles. The van der Waals surface area contributed by atoms with Crippen LogP contribution in [0.1, 0.15) is 11.1 Å². The first-order valence-electron chi connectivity index (χ1n) is 4.15. The molecule has 0 spiro atoms. The van der Waals surface area contributed by atoms with Gasteiger partial charge in [0, 0.05) is 17.7 Å². The lowest BCUT2D eigenvalue weighted by Gasteiger charge is -2.05. The van der Waals surface area contributed by atoms with Crippen LogP contribution in [0.2, 0.25) is 0 Å². The molecular formula is C9H12ClF2N3O. The molecule has 0 aliphatic heterocycles. The Labute approximate surface area is 97.7 Å². The number of amidine groups is 1. The summed E-state index contributed by atoms with van der Waals surface area (Å²) in [6.07, 6.45) is 0. The third-order valence-electron chi connectivity index (χ3n) is 1.83. The molecule has 0 radical (unpaired) electrons. The van der Waals surface area contributed by atoms with Crippen molar-refractivity contribution in [1.29, 1.82) is 0 Å². The van der Waals surface area contributed by atoms with Gasteiger partial charge in [0.25, 0.3) is 0 Å². The Hall–Kier alpha value is -1.40. The molecule has 4 N–H and O–H groups in total. The minimum absolute atomic E-state index is 0. The molecule has 0 fully saturated rings. The zero-order valence-electron chi connectivity index (χ0n) is 8.54. The van der Waals surface area contributed by atoms with E-state index in [1.54, 1.807) is 0 Å². The molecule has 1 aromatic rings. The molecule has 1 rings (SSSR count). The Morgan fingerprint density at radius 2 is 1.88 bits per heavy atom. The van der Waals surface area contributed by atoms with Gasteiger partial charge in [0.1, 0.15) is 18.7 Å². The van der Waals surface area contributed by atoms with Gasteiger partial charge in [-0.2, -0.15) is 0 Å². The number of nitrogens with zero attached hydrogens (tertiary/aromatic N) is 1. The van der Waals surface area contributed by atoms with E-state index in [9.17, 15) is 8.78 Å².